The van der Waals surface area contributed by atoms with Crippen LogP contribution in [0.15, 0.2) is 54.7 Å². The van der Waals surface area contributed by atoms with Crippen molar-refractivity contribution in [1.82, 2.24) is 9.88 Å². The molecule has 1 fully saturated rings. The topological polar surface area (TPSA) is 45.3 Å². The molecule has 2 aromatic carbocycles. The monoisotopic (exact) mass is 516 g/mol. The Kier molecular flexibility index (Phi) is 11.8. The Hall–Kier alpha value is -2.59. The SMILES string of the molecule is CCCCCCCCCCC(=O)Oc1ccc2[nH]cc(CCCCN3CCC(c4ccccc4)CC3)c2c1. The van der Waals surface area contributed by atoms with Crippen LogP contribution in [-0.2, 0) is 11.2 Å². The van der Waals surface area contributed by atoms with Gasteiger partial charge in [0.15, 0.2) is 0 Å². The molecule has 0 bridgehead atoms. The molecule has 1 aromatic heterocycles. The number of carbonyl (C=O) groups excluding carboxylic acids is 1. The van der Waals surface area contributed by atoms with Crippen molar-refractivity contribution < 1.29 is 9.53 Å². The lowest BCUT2D eigenvalue weighted by Gasteiger charge is -2.32. The number of ether oxygens (including phenoxy) is 1. The lowest BCUT2D eigenvalue weighted by molar-refractivity contribution is -0.134. The number of likely N-dealkylation sites (tertiary alicyclic amines) is 1. The predicted molar refractivity (Wildman–Crippen MR) is 159 cm³/mol. The van der Waals surface area contributed by atoms with E-state index >= 15 is 0 Å². The van der Waals surface area contributed by atoms with Gasteiger partial charge in [-0.25, -0.2) is 0 Å². The van der Waals surface area contributed by atoms with Gasteiger partial charge in [-0.3, -0.25) is 4.79 Å². The number of hydrogen-bond acceptors (Lipinski definition) is 3. The molecule has 0 unspecified atom stereocenters. The molecule has 1 saturated heterocycles. The van der Waals surface area contributed by atoms with E-state index in [1.165, 1.54) is 100 Å². The van der Waals surface area contributed by atoms with Gasteiger partial charge in [-0.15, -0.1) is 0 Å². The number of esters is 1. The number of aryl methyl sites for hydroxylation is 1. The highest BCUT2D eigenvalue weighted by Gasteiger charge is 2.20. The molecule has 4 nitrogen and oxygen atoms in total. The van der Waals surface area contributed by atoms with E-state index in [4.69, 9.17) is 4.74 Å². The highest BCUT2D eigenvalue weighted by molar-refractivity contribution is 5.85. The molecule has 0 amide bonds. The van der Waals surface area contributed by atoms with Gasteiger partial charge in [-0.2, -0.15) is 0 Å². The van der Waals surface area contributed by atoms with E-state index < -0.39 is 0 Å². The Morgan fingerprint density at radius 1 is 0.895 bits per heavy atom. The third kappa shape index (κ3) is 9.01. The molecular weight excluding hydrogens is 468 g/mol. The van der Waals surface area contributed by atoms with Gasteiger partial charge >= 0.3 is 5.97 Å². The van der Waals surface area contributed by atoms with E-state index in [0.717, 1.165) is 30.7 Å². The molecule has 1 aliphatic heterocycles. The number of carbonyl (C=O) groups is 1. The number of hydrogen-bond donors (Lipinski definition) is 1. The van der Waals surface area contributed by atoms with Crippen molar-refractivity contribution in [2.24, 2.45) is 0 Å². The molecule has 0 saturated carbocycles. The summed E-state index contributed by atoms with van der Waals surface area (Å²) >= 11 is 0. The van der Waals surface area contributed by atoms with E-state index in [2.05, 4.69) is 53.3 Å². The first-order chi connectivity index (χ1) is 18.7. The molecule has 1 aliphatic rings. The fourth-order valence-electron chi connectivity index (χ4n) is 5.88. The van der Waals surface area contributed by atoms with Gasteiger partial charge in [0.05, 0.1) is 0 Å². The molecule has 2 heterocycles. The second-order valence-corrected chi connectivity index (χ2v) is 11.2. The summed E-state index contributed by atoms with van der Waals surface area (Å²) in [5.74, 6) is 1.29. The molecule has 0 atom stereocenters. The Bertz CT molecular complexity index is 1080. The summed E-state index contributed by atoms with van der Waals surface area (Å²) in [6, 6.07) is 17.0. The zero-order chi connectivity index (χ0) is 26.4. The molecule has 0 radical (unpaired) electrons. The number of aromatic amines is 1. The Morgan fingerprint density at radius 3 is 2.39 bits per heavy atom. The standard InChI is InChI=1S/C34H48N2O2/c1-2-3-4-5-6-7-8-12-18-34(37)38-31-19-20-33-32(26-31)30(27-35-33)17-13-14-23-36-24-21-29(22-25-36)28-15-10-9-11-16-28/h9-11,15-16,19-20,26-27,29,35H,2-8,12-14,17-18,21-25H2,1H3. The summed E-state index contributed by atoms with van der Waals surface area (Å²) < 4.78 is 5.69. The van der Waals surface area contributed by atoms with Crippen LogP contribution in [0.1, 0.15) is 107 Å². The summed E-state index contributed by atoms with van der Waals surface area (Å²) in [5, 5.41) is 1.19. The zero-order valence-electron chi connectivity index (χ0n) is 23.6. The van der Waals surface area contributed by atoms with E-state index in [1.807, 2.05) is 18.2 Å². The van der Waals surface area contributed by atoms with Gasteiger partial charge in [0.1, 0.15) is 5.75 Å². The number of rotatable bonds is 16. The van der Waals surface area contributed by atoms with Gasteiger partial charge in [0.2, 0.25) is 0 Å². The fraction of sp³-hybridized carbons (Fsp3) is 0.559. The van der Waals surface area contributed by atoms with Gasteiger partial charge in [-0.05, 0) is 93.4 Å². The maximum atomic E-state index is 12.4. The van der Waals surface area contributed by atoms with Crippen LogP contribution in [0, 0.1) is 0 Å². The predicted octanol–water partition coefficient (Wildman–Crippen LogP) is 8.81. The molecule has 4 rings (SSSR count). The summed E-state index contributed by atoms with van der Waals surface area (Å²) in [7, 11) is 0. The van der Waals surface area contributed by atoms with E-state index in [-0.39, 0.29) is 5.97 Å². The highest BCUT2D eigenvalue weighted by Crippen LogP contribution is 2.28. The number of piperidine rings is 1. The molecule has 0 spiro atoms. The first-order valence-corrected chi connectivity index (χ1v) is 15.3. The second-order valence-electron chi connectivity index (χ2n) is 11.2. The van der Waals surface area contributed by atoms with Crippen LogP contribution >= 0.6 is 0 Å². The van der Waals surface area contributed by atoms with Crippen molar-refractivity contribution in [3.63, 3.8) is 0 Å². The number of fused-ring (bicyclic) bond motifs is 1. The summed E-state index contributed by atoms with van der Waals surface area (Å²) in [6.07, 6.45) is 18.5. The van der Waals surface area contributed by atoms with Crippen LogP contribution in [0.25, 0.3) is 10.9 Å². The number of nitrogens with zero attached hydrogens (tertiary/aromatic N) is 1. The Labute approximate surface area is 230 Å². The van der Waals surface area contributed by atoms with Crippen molar-refractivity contribution in [3.8, 4) is 5.75 Å². The minimum absolute atomic E-state index is 0.108. The number of aromatic nitrogens is 1. The van der Waals surface area contributed by atoms with Crippen LogP contribution in [0.4, 0.5) is 0 Å². The average Bonchev–Trinajstić information content (AvgIpc) is 3.35. The van der Waals surface area contributed by atoms with Crippen molar-refractivity contribution in [2.75, 3.05) is 19.6 Å². The van der Waals surface area contributed by atoms with E-state index in [9.17, 15) is 4.79 Å². The number of nitrogens with one attached hydrogen (secondary N) is 1. The molecule has 206 valence electrons. The lowest BCUT2D eigenvalue weighted by atomic mass is 9.89. The van der Waals surface area contributed by atoms with Crippen LogP contribution in [0.3, 0.4) is 0 Å². The first kappa shape index (κ1) is 28.4. The maximum Gasteiger partial charge on any atom is 0.311 e. The van der Waals surface area contributed by atoms with Crippen LogP contribution in [-0.4, -0.2) is 35.5 Å². The van der Waals surface area contributed by atoms with Gasteiger partial charge in [0, 0.05) is 23.5 Å². The van der Waals surface area contributed by atoms with E-state index in [0.29, 0.717) is 12.2 Å². The van der Waals surface area contributed by atoms with Crippen molar-refractivity contribution in [1.29, 1.82) is 0 Å². The van der Waals surface area contributed by atoms with Gasteiger partial charge in [-0.1, -0.05) is 82.2 Å². The molecule has 4 heteroatoms. The summed E-state index contributed by atoms with van der Waals surface area (Å²) in [5.41, 5.74) is 3.94. The quantitative estimate of drug-likeness (QED) is 0.117. The van der Waals surface area contributed by atoms with E-state index in [1.54, 1.807) is 0 Å². The maximum absolute atomic E-state index is 12.4. The largest absolute Gasteiger partial charge is 0.427 e. The Balaban J connectivity index is 1.14. The van der Waals surface area contributed by atoms with Crippen LogP contribution < -0.4 is 4.74 Å². The molecule has 1 N–H and O–H groups in total. The van der Waals surface area contributed by atoms with Crippen molar-refractivity contribution in [3.05, 3.63) is 65.9 Å². The molecule has 3 aromatic rings. The number of benzene rings is 2. The molecule has 0 aliphatic carbocycles. The third-order valence-corrected chi connectivity index (χ3v) is 8.23. The smallest absolute Gasteiger partial charge is 0.311 e. The zero-order valence-corrected chi connectivity index (χ0v) is 23.6. The van der Waals surface area contributed by atoms with Crippen molar-refractivity contribution >= 4 is 16.9 Å². The lowest BCUT2D eigenvalue weighted by Crippen LogP contribution is -2.33. The number of H-pyrrole nitrogens is 1. The van der Waals surface area contributed by atoms with Crippen molar-refractivity contribution in [2.45, 2.75) is 103 Å². The minimum Gasteiger partial charge on any atom is -0.427 e. The normalized spacial score (nSPS) is 14.8. The van der Waals surface area contributed by atoms with Gasteiger partial charge in [0.25, 0.3) is 0 Å². The second kappa shape index (κ2) is 15.7. The molecule has 38 heavy (non-hydrogen) atoms. The fourth-order valence-corrected chi connectivity index (χ4v) is 5.88. The highest BCUT2D eigenvalue weighted by atomic mass is 16.5. The summed E-state index contributed by atoms with van der Waals surface area (Å²) in [4.78, 5) is 18.4. The first-order valence-electron chi connectivity index (χ1n) is 15.3. The average molecular weight is 517 g/mol. The Morgan fingerprint density at radius 2 is 1.63 bits per heavy atom. The number of unbranched alkanes of at least 4 members (excludes halogenated alkanes) is 8. The minimum atomic E-state index is -0.108. The van der Waals surface area contributed by atoms with Crippen LogP contribution in [0.2, 0.25) is 0 Å². The van der Waals surface area contributed by atoms with Crippen LogP contribution in [0.5, 0.6) is 5.75 Å². The third-order valence-electron chi connectivity index (χ3n) is 8.23. The van der Waals surface area contributed by atoms with Gasteiger partial charge < -0.3 is 14.6 Å². The molecular formula is C34H48N2O2. The summed E-state index contributed by atoms with van der Waals surface area (Å²) in [6.45, 7) is 5.85.